The van der Waals surface area contributed by atoms with Crippen LogP contribution < -0.4 is 5.32 Å². The predicted octanol–water partition coefficient (Wildman–Crippen LogP) is 2.26. The van der Waals surface area contributed by atoms with Crippen LogP contribution in [0, 0.1) is 11.8 Å². The van der Waals surface area contributed by atoms with Gasteiger partial charge in [-0.1, -0.05) is 58.7 Å². The minimum Gasteiger partial charge on any atom is -0.296 e. The molecule has 1 N–H and O–H groups in total. The monoisotopic (exact) mass is 299 g/mol. The van der Waals surface area contributed by atoms with Gasteiger partial charge in [-0.25, -0.2) is 0 Å². The summed E-state index contributed by atoms with van der Waals surface area (Å²) in [6.07, 6.45) is 4.25. The molecule has 0 bridgehead atoms. The molecule has 1 aliphatic heterocycles. The Balaban J connectivity index is 2.20. The van der Waals surface area contributed by atoms with Crippen molar-refractivity contribution in [2.24, 2.45) is 11.8 Å². The van der Waals surface area contributed by atoms with Gasteiger partial charge in [-0.3, -0.25) is 14.9 Å². The molecule has 0 spiro atoms. The first-order valence-electron chi connectivity index (χ1n) is 4.64. The highest BCUT2D eigenvalue weighted by atomic mass is 35.6. The van der Waals surface area contributed by atoms with E-state index in [1.807, 2.05) is 12.2 Å². The third kappa shape index (κ3) is 2.50. The molecule has 7 heteroatoms. The smallest absolute Gasteiger partial charge is 0.238 e. The number of hydrogen-bond donors (Lipinski definition) is 1. The highest BCUT2D eigenvalue weighted by Crippen LogP contribution is 2.47. The predicted molar refractivity (Wildman–Crippen MR) is 65.6 cm³/mol. The number of allylic oxidation sites excluding steroid dienone is 1. The first kappa shape index (κ1) is 12.6. The first-order chi connectivity index (χ1) is 7.38. The van der Waals surface area contributed by atoms with Gasteiger partial charge in [0.05, 0.1) is 11.8 Å². The van der Waals surface area contributed by atoms with E-state index < -0.39 is 9.04 Å². The fourth-order valence-electron chi connectivity index (χ4n) is 2.02. The minimum atomic E-state index is -1.48. The summed E-state index contributed by atoms with van der Waals surface area (Å²) in [6, 6.07) is 0. The molecule has 16 heavy (non-hydrogen) atoms. The summed E-state index contributed by atoms with van der Waals surface area (Å²) in [7, 11) is 0. The quantitative estimate of drug-likeness (QED) is 0.459. The minimum absolute atomic E-state index is 0.228. The van der Waals surface area contributed by atoms with Gasteiger partial charge < -0.3 is 0 Å². The van der Waals surface area contributed by atoms with E-state index in [0.29, 0.717) is 6.42 Å². The summed E-state index contributed by atoms with van der Waals surface area (Å²) in [6.45, 7) is 0. The Morgan fingerprint density at radius 3 is 2.62 bits per heavy atom. The van der Waals surface area contributed by atoms with Crippen LogP contribution in [0.25, 0.3) is 0 Å². The van der Waals surface area contributed by atoms with Crippen LogP contribution in [0.5, 0.6) is 0 Å². The van der Waals surface area contributed by atoms with Gasteiger partial charge in [-0.2, -0.15) is 0 Å². The van der Waals surface area contributed by atoms with Gasteiger partial charge in [0.1, 0.15) is 0 Å². The second kappa shape index (κ2) is 4.41. The molecular formula is C9H8Cl3NO2S. The van der Waals surface area contributed by atoms with Crippen molar-refractivity contribution in [3.05, 3.63) is 12.2 Å². The maximum Gasteiger partial charge on any atom is 0.238 e. The molecular weight excluding hydrogens is 293 g/mol. The first-order valence-corrected chi connectivity index (χ1v) is 6.66. The number of carbonyl (C=O) groups is 2. The molecule has 2 aliphatic rings. The molecule has 0 aromatic heterocycles. The summed E-state index contributed by atoms with van der Waals surface area (Å²) in [5, 5.41) is 2.05. The Morgan fingerprint density at radius 2 is 2.00 bits per heavy atom. The van der Waals surface area contributed by atoms with Crippen molar-refractivity contribution in [1.82, 2.24) is 5.32 Å². The molecule has 0 aromatic rings. The summed E-state index contributed by atoms with van der Waals surface area (Å²) < 4.78 is -1.48. The Morgan fingerprint density at radius 1 is 1.31 bits per heavy atom. The van der Waals surface area contributed by atoms with E-state index in [1.54, 1.807) is 0 Å². The van der Waals surface area contributed by atoms with E-state index in [0.717, 1.165) is 11.8 Å². The Kier molecular flexibility index (Phi) is 3.46. The van der Waals surface area contributed by atoms with Crippen LogP contribution in [0.15, 0.2) is 12.2 Å². The Hall–Kier alpha value is 0.1000. The second-order valence-corrected chi connectivity index (χ2v) is 8.02. The zero-order valence-corrected chi connectivity index (χ0v) is 11.0. The highest BCUT2D eigenvalue weighted by molar-refractivity contribution is 8.05. The largest absolute Gasteiger partial charge is 0.296 e. The zero-order chi connectivity index (χ0) is 11.9. The summed E-state index contributed by atoms with van der Waals surface area (Å²) in [5.41, 5.74) is 0. The number of fused-ring (bicyclic) bond motifs is 1. The lowest BCUT2D eigenvalue weighted by molar-refractivity contribution is -0.126. The molecule has 1 saturated heterocycles. The van der Waals surface area contributed by atoms with Crippen molar-refractivity contribution in [2.45, 2.75) is 14.8 Å². The number of hydrogen-bond acceptors (Lipinski definition) is 3. The molecule has 1 fully saturated rings. The standard InChI is InChI=1S/C9H8Cl3NO2S/c10-9(11,12)16-5-3-1-2-4-6(5)8(15)13-7(4)14/h1,3-6H,2H2,(H,13,14,15). The number of halogens is 3. The second-order valence-electron chi connectivity index (χ2n) is 3.68. The van der Waals surface area contributed by atoms with Crippen LogP contribution in [-0.2, 0) is 9.59 Å². The van der Waals surface area contributed by atoms with Gasteiger partial charge in [-0.15, -0.1) is 0 Å². The van der Waals surface area contributed by atoms with E-state index in [2.05, 4.69) is 5.32 Å². The normalized spacial score (nSPS) is 33.8. The fourth-order valence-corrected chi connectivity index (χ4v) is 3.90. The Bertz CT molecular complexity index is 366. The van der Waals surface area contributed by atoms with Crippen molar-refractivity contribution >= 4 is 58.4 Å². The van der Waals surface area contributed by atoms with Crippen LogP contribution in [0.4, 0.5) is 0 Å². The van der Waals surface area contributed by atoms with Crippen LogP contribution in [0.2, 0.25) is 0 Å². The van der Waals surface area contributed by atoms with Crippen LogP contribution in [0.3, 0.4) is 0 Å². The molecule has 88 valence electrons. The number of amides is 2. The van der Waals surface area contributed by atoms with E-state index >= 15 is 0 Å². The number of alkyl halides is 3. The third-order valence-corrected chi connectivity index (χ3v) is 4.45. The maximum atomic E-state index is 11.6. The van der Waals surface area contributed by atoms with Gasteiger partial charge in [0.25, 0.3) is 0 Å². The van der Waals surface area contributed by atoms with Gasteiger partial charge in [0.15, 0.2) is 0 Å². The molecule has 3 nitrogen and oxygen atoms in total. The van der Waals surface area contributed by atoms with Crippen molar-refractivity contribution in [2.75, 3.05) is 0 Å². The number of carbonyl (C=O) groups excluding carboxylic acids is 2. The van der Waals surface area contributed by atoms with Crippen LogP contribution in [0.1, 0.15) is 6.42 Å². The number of imide groups is 1. The molecule has 0 aromatic carbocycles. The molecule has 3 atom stereocenters. The van der Waals surface area contributed by atoms with E-state index in [4.69, 9.17) is 34.8 Å². The average Bonchev–Trinajstić information content (AvgIpc) is 2.41. The molecule has 0 saturated carbocycles. The lowest BCUT2D eigenvalue weighted by Crippen LogP contribution is -2.31. The van der Waals surface area contributed by atoms with Crippen molar-refractivity contribution in [1.29, 1.82) is 0 Å². The van der Waals surface area contributed by atoms with E-state index in [9.17, 15) is 9.59 Å². The van der Waals surface area contributed by atoms with Crippen LogP contribution in [-0.4, -0.2) is 20.2 Å². The number of rotatable bonds is 1. The lowest BCUT2D eigenvalue weighted by Gasteiger charge is -2.27. The van der Waals surface area contributed by atoms with Gasteiger partial charge >= 0.3 is 0 Å². The summed E-state index contributed by atoms with van der Waals surface area (Å²) in [4.78, 5) is 23.1. The molecule has 1 heterocycles. The molecule has 2 rings (SSSR count). The topological polar surface area (TPSA) is 46.2 Å². The molecule has 3 unspecified atom stereocenters. The summed E-state index contributed by atoms with van der Waals surface area (Å²) in [5.74, 6) is -1.24. The van der Waals surface area contributed by atoms with Crippen LogP contribution >= 0.6 is 46.6 Å². The zero-order valence-electron chi connectivity index (χ0n) is 7.95. The maximum absolute atomic E-state index is 11.6. The van der Waals surface area contributed by atoms with Gasteiger partial charge in [0.2, 0.25) is 14.9 Å². The SMILES string of the molecule is O=C1NC(=O)C2C(SC(Cl)(Cl)Cl)C=CCC12. The molecule has 1 aliphatic carbocycles. The number of thioether (sulfide) groups is 1. The third-order valence-electron chi connectivity index (χ3n) is 2.66. The van der Waals surface area contributed by atoms with Crippen molar-refractivity contribution in [3.63, 3.8) is 0 Å². The molecule has 2 amide bonds. The number of nitrogens with one attached hydrogen (secondary N) is 1. The van der Waals surface area contributed by atoms with Gasteiger partial charge in [0, 0.05) is 5.25 Å². The Labute approximate surface area is 112 Å². The van der Waals surface area contributed by atoms with Crippen molar-refractivity contribution in [3.8, 4) is 0 Å². The van der Waals surface area contributed by atoms with E-state index in [-0.39, 0.29) is 23.0 Å². The van der Waals surface area contributed by atoms with E-state index in [1.165, 1.54) is 0 Å². The summed E-state index contributed by atoms with van der Waals surface area (Å²) >= 11 is 18.1. The lowest BCUT2D eigenvalue weighted by atomic mass is 9.85. The average molecular weight is 301 g/mol. The molecule has 0 radical (unpaired) electrons. The highest BCUT2D eigenvalue weighted by Gasteiger charge is 2.48. The van der Waals surface area contributed by atoms with Gasteiger partial charge in [-0.05, 0) is 6.42 Å². The fraction of sp³-hybridized carbons (Fsp3) is 0.556. The van der Waals surface area contributed by atoms with Crippen molar-refractivity contribution < 1.29 is 9.59 Å².